The Hall–Kier alpha value is -0.420. The molecule has 0 saturated carbocycles. The second-order valence-electron chi connectivity index (χ2n) is 3.78. The van der Waals surface area contributed by atoms with E-state index in [1.165, 1.54) is 0 Å². The molecule has 0 bridgehead atoms. The van der Waals surface area contributed by atoms with Crippen LogP contribution in [-0.4, -0.2) is 77.5 Å². The van der Waals surface area contributed by atoms with Crippen molar-refractivity contribution in [1.29, 1.82) is 0 Å². The van der Waals surface area contributed by atoms with Crippen LogP contribution in [0.15, 0.2) is 0 Å². The van der Waals surface area contributed by atoms with Gasteiger partial charge in [0.05, 0.1) is 19.3 Å². The van der Waals surface area contributed by atoms with Crippen molar-refractivity contribution < 1.29 is 50.6 Å². The molecule has 122 valence electrons. The lowest BCUT2D eigenvalue weighted by Gasteiger charge is -2.31. The molecule has 0 aromatic rings. The summed E-state index contributed by atoms with van der Waals surface area (Å²) < 4.78 is 63.0. The molecule has 0 aromatic heterocycles. The Labute approximate surface area is 114 Å². The van der Waals surface area contributed by atoms with Crippen molar-refractivity contribution in [3.63, 3.8) is 0 Å². The van der Waals surface area contributed by atoms with Crippen LogP contribution < -0.4 is 4.72 Å². The molecule has 0 saturated heterocycles. The molecule has 0 rings (SSSR count). The van der Waals surface area contributed by atoms with Crippen LogP contribution in [0.3, 0.4) is 0 Å². The lowest BCUT2D eigenvalue weighted by molar-refractivity contribution is -0.127. The standard InChI is InChI=1S/C6H15NO11S2/c8-3-6(11,7-19(12,13)14)5(10)1-4(9)2-18-20(15,16)17/h4-5,7-11H,1-3H2,(H,12,13,14)(H,15,16,17)/t4-,5-,6-/m0/s1. The molecule has 0 aliphatic carbocycles. The molecule has 12 nitrogen and oxygen atoms in total. The van der Waals surface area contributed by atoms with Crippen LogP contribution >= 0.6 is 0 Å². The first-order valence-corrected chi connectivity index (χ1v) is 7.67. The molecular weight excluding hydrogens is 326 g/mol. The topological polar surface area (TPSA) is 211 Å². The minimum absolute atomic E-state index is 0.852. The van der Waals surface area contributed by atoms with Gasteiger partial charge in [0.1, 0.15) is 6.10 Å². The van der Waals surface area contributed by atoms with Gasteiger partial charge in [-0.15, -0.1) is 0 Å². The summed E-state index contributed by atoms with van der Waals surface area (Å²) in [7, 11) is -9.81. The third kappa shape index (κ3) is 8.00. The maximum Gasteiger partial charge on any atom is 0.397 e. The highest BCUT2D eigenvalue weighted by molar-refractivity contribution is 7.83. The number of aliphatic hydroxyl groups is 4. The van der Waals surface area contributed by atoms with Crippen molar-refractivity contribution in [2.45, 2.75) is 24.4 Å². The zero-order valence-electron chi connectivity index (χ0n) is 9.82. The second-order valence-corrected chi connectivity index (χ2v) is 6.02. The maximum absolute atomic E-state index is 10.5. The van der Waals surface area contributed by atoms with Gasteiger partial charge < -0.3 is 20.4 Å². The zero-order valence-corrected chi connectivity index (χ0v) is 11.5. The number of rotatable bonds is 9. The Balaban J connectivity index is 4.66. The number of aliphatic hydroxyl groups excluding tert-OH is 3. The molecule has 0 aliphatic heterocycles. The van der Waals surface area contributed by atoms with Gasteiger partial charge in [-0.25, -0.2) is 4.18 Å². The van der Waals surface area contributed by atoms with E-state index in [2.05, 4.69) is 4.18 Å². The Morgan fingerprint density at radius 1 is 1.15 bits per heavy atom. The molecule has 0 unspecified atom stereocenters. The van der Waals surface area contributed by atoms with E-state index in [0.717, 1.165) is 4.72 Å². The van der Waals surface area contributed by atoms with Gasteiger partial charge in [0.25, 0.3) is 0 Å². The summed E-state index contributed by atoms with van der Waals surface area (Å²) in [5, 5.41) is 37.0. The van der Waals surface area contributed by atoms with Crippen molar-refractivity contribution in [3.05, 3.63) is 0 Å². The molecule has 0 aromatic carbocycles. The minimum atomic E-state index is -4.98. The van der Waals surface area contributed by atoms with E-state index in [1.807, 2.05) is 0 Å². The summed E-state index contributed by atoms with van der Waals surface area (Å²) in [6.45, 7) is -2.36. The van der Waals surface area contributed by atoms with Gasteiger partial charge >= 0.3 is 20.7 Å². The zero-order chi connectivity index (χ0) is 16.2. The van der Waals surface area contributed by atoms with E-state index in [1.54, 1.807) is 0 Å². The predicted octanol–water partition coefficient (Wildman–Crippen LogP) is -4.01. The highest BCUT2D eigenvalue weighted by atomic mass is 32.3. The summed E-state index contributed by atoms with van der Waals surface area (Å²) >= 11 is 0. The molecule has 0 fully saturated rings. The first kappa shape index (κ1) is 19.6. The first-order chi connectivity index (χ1) is 8.79. The van der Waals surface area contributed by atoms with Gasteiger partial charge in [-0.1, -0.05) is 0 Å². The fourth-order valence-electron chi connectivity index (χ4n) is 1.11. The highest BCUT2D eigenvalue weighted by Gasteiger charge is 2.39. The minimum Gasteiger partial charge on any atom is -0.392 e. The Bertz CT molecular complexity index is 501. The maximum atomic E-state index is 10.5. The number of nitrogens with one attached hydrogen (secondary N) is 1. The van der Waals surface area contributed by atoms with Crippen LogP contribution in [0.25, 0.3) is 0 Å². The predicted molar refractivity (Wildman–Crippen MR) is 60.9 cm³/mol. The van der Waals surface area contributed by atoms with Crippen molar-refractivity contribution in [2.75, 3.05) is 13.2 Å². The van der Waals surface area contributed by atoms with Gasteiger partial charge in [-0.3, -0.25) is 9.11 Å². The average Bonchev–Trinajstić information content (AvgIpc) is 2.23. The average molecular weight is 341 g/mol. The van der Waals surface area contributed by atoms with Crippen LogP contribution in [0.2, 0.25) is 0 Å². The van der Waals surface area contributed by atoms with Crippen LogP contribution in [0.4, 0.5) is 0 Å². The molecule has 14 heteroatoms. The van der Waals surface area contributed by atoms with Gasteiger partial charge in [0, 0.05) is 6.42 Å². The normalized spacial score (nSPS) is 19.3. The first-order valence-electron chi connectivity index (χ1n) is 4.86. The van der Waals surface area contributed by atoms with Crippen molar-refractivity contribution >= 4 is 20.7 Å². The molecule has 0 amide bonds. The molecule has 20 heavy (non-hydrogen) atoms. The van der Waals surface area contributed by atoms with E-state index in [-0.39, 0.29) is 0 Å². The quantitative estimate of drug-likeness (QED) is 0.158. The lowest BCUT2D eigenvalue weighted by atomic mass is 10.0. The van der Waals surface area contributed by atoms with E-state index in [4.69, 9.17) is 14.2 Å². The molecule has 0 spiro atoms. The van der Waals surface area contributed by atoms with Gasteiger partial charge in [0.2, 0.25) is 0 Å². The van der Waals surface area contributed by atoms with Gasteiger partial charge in [0.15, 0.2) is 5.72 Å². The SMILES string of the molecule is O=S(=O)(O)N[C@](O)(CO)[C@@H](O)C[C@H](O)COS(=O)(=O)O. The van der Waals surface area contributed by atoms with Crippen LogP contribution in [0, 0.1) is 0 Å². The van der Waals surface area contributed by atoms with Gasteiger partial charge in [-0.05, 0) is 0 Å². The Morgan fingerprint density at radius 3 is 2.00 bits per heavy atom. The van der Waals surface area contributed by atoms with E-state index in [0.29, 0.717) is 0 Å². The smallest absolute Gasteiger partial charge is 0.392 e. The van der Waals surface area contributed by atoms with Crippen LogP contribution in [-0.2, 0) is 24.9 Å². The fraction of sp³-hybridized carbons (Fsp3) is 1.00. The van der Waals surface area contributed by atoms with Crippen LogP contribution in [0.5, 0.6) is 0 Å². The number of hydrogen-bond donors (Lipinski definition) is 7. The highest BCUT2D eigenvalue weighted by Crippen LogP contribution is 2.14. The van der Waals surface area contributed by atoms with Crippen molar-refractivity contribution in [2.24, 2.45) is 0 Å². The summed E-state index contributed by atoms with van der Waals surface area (Å²) in [6.07, 6.45) is -4.72. The van der Waals surface area contributed by atoms with E-state index < -0.39 is 58.3 Å². The van der Waals surface area contributed by atoms with E-state index in [9.17, 15) is 32.2 Å². The molecule has 7 N–H and O–H groups in total. The molecule has 0 radical (unpaired) electrons. The van der Waals surface area contributed by atoms with Gasteiger partial charge in [-0.2, -0.15) is 21.6 Å². The molecule has 3 atom stereocenters. The fourth-order valence-corrected chi connectivity index (χ4v) is 2.09. The second kappa shape index (κ2) is 7.03. The Kier molecular flexibility index (Phi) is 6.88. The third-order valence-electron chi connectivity index (χ3n) is 2.00. The molecule has 0 heterocycles. The molecular formula is C6H15NO11S2. The lowest BCUT2D eigenvalue weighted by Crippen LogP contribution is -2.60. The summed E-state index contributed by atoms with van der Waals surface area (Å²) in [5.74, 6) is 0. The van der Waals surface area contributed by atoms with Crippen molar-refractivity contribution in [1.82, 2.24) is 4.72 Å². The van der Waals surface area contributed by atoms with Crippen molar-refractivity contribution in [3.8, 4) is 0 Å². The monoisotopic (exact) mass is 341 g/mol. The third-order valence-corrected chi connectivity index (χ3v) is 3.05. The summed E-state index contributed by atoms with van der Waals surface area (Å²) in [5.41, 5.74) is -2.91. The Morgan fingerprint density at radius 2 is 1.65 bits per heavy atom. The number of hydrogen-bond acceptors (Lipinski definition) is 9. The summed E-state index contributed by atoms with van der Waals surface area (Å²) in [6, 6.07) is 0. The largest absolute Gasteiger partial charge is 0.397 e. The summed E-state index contributed by atoms with van der Waals surface area (Å²) in [4.78, 5) is 0. The molecule has 0 aliphatic rings. The van der Waals surface area contributed by atoms with E-state index >= 15 is 0 Å². The van der Waals surface area contributed by atoms with Crippen LogP contribution in [0.1, 0.15) is 6.42 Å².